The predicted molar refractivity (Wildman–Crippen MR) is 89.7 cm³/mol. The van der Waals surface area contributed by atoms with Crippen LogP contribution in [0.1, 0.15) is 49.8 Å². The zero-order valence-electron chi connectivity index (χ0n) is 13.0. The van der Waals surface area contributed by atoms with Crippen LogP contribution >= 0.6 is 11.3 Å². The third kappa shape index (κ3) is 2.93. The molecule has 0 radical (unpaired) electrons. The molecule has 2 aliphatic heterocycles. The molecule has 1 aromatic rings. The lowest BCUT2D eigenvalue weighted by atomic mass is 9.78. The number of thiophene rings is 1. The largest absolute Gasteiger partial charge is 0.298 e. The molecule has 3 heterocycles. The normalized spacial score (nSPS) is 32.4. The fourth-order valence-corrected chi connectivity index (χ4v) is 5.77. The van der Waals surface area contributed by atoms with Gasteiger partial charge in [-0.05, 0) is 49.6 Å². The van der Waals surface area contributed by atoms with Gasteiger partial charge >= 0.3 is 0 Å². The number of hydrogen-bond acceptors (Lipinski definition) is 3. The third-order valence-corrected chi connectivity index (χ3v) is 6.84. The number of hydrogen-bond donors (Lipinski definition) is 0. The monoisotopic (exact) mass is 304 g/mol. The van der Waals surface area contributed by atoms with Crippen LogP contribution in [0.2, 0.25) is 0 Å². The molecule has 0 amide bonds. The molecule has 0 N–H and O–H groups in total. The van der Waals surface area contributed by atoms with E-state index in [4.69, 9.17) is 0 Å². The molecule has 21 heavy (non-hydrogen) atoms. The zero-order valence-corrected chi connectivity index (χ0v) is 13.9. The Labute approximate surface area is 133 Å². The maximum Gasteiger partial charge on any atom is 0.0332 e. The summed E-state index contributed by atoms with van der Waals surface area (Å²) in [6, 6.07) is 6.23. The first-order chi connectivity index (χ1) is 10.4. The van der Waals surface area contributed by atoms with Gasteiger partial charge in [0.15, 0.2) is 0 Å². The lowest BCUT2D eigenvalue weighted by Gasteiger charge is -2.49. The van der Waals surface area contributed by atoms with Gasteiger partial charge in [-0.2, -0.15) is 0 Å². The summed E-state index contributed by atoms with van der Waals surface area (Å²) < 4.78 is 0. The zero-order chi connectivity index (χ0) is 14.1. The van der Waals surface area contributed by atoms with E-state index in [1.165, 1.54) is 71.1 Å². The standard InChI is InChI=1S/C18H28N2S/c1-2-6-15(7-3-1)18-17-9-4-10-19(17)11-12-20(18)14-16-8-5-13-21-16/h5,8,13,15,17-18H,1-4,6-7,9-12,14H2/t17-,18+/m1/s1. The van der Waals surface area contributed by atoms with Crippen LogP contribution < -0.4 is 0 Å². The van der Waals surface area contributed by atoms with Crippen molar-refractivity contribution in [1.82, 2.24) is 9.80 Å². The van der Waals surface area contributed by atoms with Crippen LogP contribution in [0.5, 0.6) is 0 Å². The van der Waals surface area contributed by atoms with Gasteiger partial charge < -0.3 is 0 Å². The Kier molecular flexibility index (Phi) is 4.33. The first-order valence-corrected chi connectivity index (χ1v) is 9.80. The fraction of sp³-hybridized carbons (Fsp3) is 0.778. The Balaban J connectivity index is 1.54. The molecule has 0 bridgehead atoms. The van der Waals surface area contributed by atoms with Crippen molar-refractivity contribution in [2.24, 2.45) is 5.92 Å². The maximum absolute atomic E-state index is 2.86. The van der Waals surface area contributed by atoms with E-state index >= 15 is 0 Å². The fourth-order valence-electron chi connectivity index (χ4n) is 5.04. The van der Waals surface area contributed by atoms with Gasteiger partial charge in [-0.1, -0.05) is 25.3 Å². The highest BCUT2D eigenvalue weighted by Crippen LogP contribution is 2.38. The SMILES string of the molecule is c1csc(CN2CCN3CCC[C@@H]3[C@@H]2C2CCCCC2)c1. The molecular formula is C18H28N2S. The second kappa shape index (κ2) is 6.39. The van der Waals surface area contributed by atoms with Crippen LogP contribution in [0.3, 0.4) is 0 Å². The van der Waals surface area contributed by atoms with Gasteiger partial charge in [0, 0.05) is 36.6 Å². The minimum absolute atomic E-state index is 0.837. The van der Waals surface area contributed by atoms with Crippen molar-refractivity contribution in [1.29, 1.82) is 0 Å². The minimum Gasteiger partial charge on any atom is -0.298 e. The van der Waals surface area contributed by atoms with Crippen molar-refractivity contribution in [3.8, 4) is 0 Å². The minimum atomic E-state index is 0.837. The Morgan fingerprint density at radius 3 is 2.71 bits per heavy atom. The second-order valence-corrected chi connectivity index (χ2v) is 8.22. The summed E-state index contributed by atoms with van der Waals surface area (Å²) in [5.41, 5.74) is 0. The van der Waals surface area contributed by atoms with Gasteiger partial charge in [-0.15, -0.1) is 11.3 Å². The predicted octanol–water partition coefficient (Wildman–Crippen LogP) is 3.98. The van der Waals surface area contributed by atoms with Crippen molar-refractivity contribution in [3.05, 3.63) is 22.4 Å². The van der Waals surface area contributed by atoms with Gasteiger partial charge in [0.25, 0.3) is 0 Å². The molecule has 0 spiro atoms. The van der Waals surface area contributed by atoms with Crippen molar-refractivity contribution in [2.45, 2.75) is 63.6 Å². The van der Waals surface area contributed by atoms with Crippen LogP contribution in [-0.2, 0) is 6.54 Å². The molecule has 116 valence electrons. The van der Waals surface area contributed by atoms with Gasteiger partial charge in [0.1, 0.15) is 0 Å². The maximum atomic E-state index is 2.86. The summed E-state index contributed by atoms with van der Waals surface area (Å²) in [5, 5.41) is 2.23. The van der Waals surface area contributed by atoms with E-state index in [-0.39, 0.29) is 0 Å². The van der Waals surface area contributed by atoms with Crippen LogP contribution in [-0.4, -0.2) is 41.5 Å². The molecule has 3 aliphatic rings. The summed E-state index contributed by atoms with van der Waals surface area (Å²) in [6.07, 6.45) is 10.3. The van der Waals surface area contributed by atoms with Gasteiger partial charge in [-0.25, -0.2) is 0 Å². The molecule has 4 rings (SSSR count). The van der Waals surface area contributed by atoms with E-state index < -0.39 is 0 Å². The summed E-state index contributed by atoms with van der Waals surface area (Å²) >= 11 is 1.94. The molecule has 1 aliphatic carbocycles. The van der Waals surface area contributed by atoms with Gasteiger partial charge in [-0.3, -0.25) is 9.80 Å². The second-order valence-electron chi connectivity index (χ2n) is 7.18. The summed E-state index contributed by atoms with van der Waals surface area (Å²) in [6.45, 7) is 5.15. The summed E-state index contributed by atoms with van der Waals surface area (Å²) in [4.78, 5) is 7.22. The first kappa shape index (κ1) is 14.2. The molecule has 0 unspecified atom stereocenters. The van der Waals surface area contributed by atoms with Crippen molar-refractivity contribution >= 4 is 11.3 Å². The highest BCUT2D eigenvalue weighted by atomic mass is 32.1. The Hall–Kier alpha value is -0.380. The summed E-state index contributed by atoms with van der Waals surface area (Å²) in [7, 11) is 0. The van der Waals surface area contributed by atoms with Crippen molar-refractivity contribution < 1.29 is 0 Å². The van der Waals surface area contributed by atoms with Crippen LogP contribution in [0.4, 0.5) is 0 Å². The molecule has 1 aromatic heterocycles. The van der Waals surface area contributed by atoms with Crippen LogP contribution in [0, 0.1) is 5.92 Å². The molecule has 3 fully saturated rings. The Bertz CT molecular complexity index is 438. The van der Waals surface area contributed by atoms with E-state index in [0.29, 0.717) is 0 Å². The number of piperazine rings is 1. The smallest absolute Gasteiger partial charge is 0.0332 e. The van der Waals surface area contributed by atoms with E-state index in [1.54, 1.807) is 4.88 Å². The van der Waals surface area contributed by atoms with E-state index in [9.17, 15) is 0 Å². The Morgan fingerprint density at radius 2 is 1.90 bits per heavy atom. The van der Waals surface area contributed by atoms with Gasteiger partial charge in [0.2, 0.25) is 0 Å². The molecular weight excluding hydrogens is 276 g/mol. The molecule has 2 atom stereocenters. The molecule has 0 aromatic carbocycles. The van der Waals surface area contributed by atoms with E-state index in [1.807, 2.05) is 11.3 Å². The highest BCUT2D eigenvalue weighted by molar-refractivity contribution is 7.09. The number of nitrogens with zero attached hydrogens (tertiary/aromatic N) is 2. The lowest BCUT2D eigenvalue weighted by molar-refractivity contribution is -0.00325. The topological polar surface area (TPSA) is 6.48 Å². The summed E-state index contributed by atoms with van der Waals surface area (Å²) in [5.74, 6) is 0.963. The van der Waals surface area contributed by atoms with E-state index in [0.717, 1.165) is 18.0 Å². The first-order valence-electron chi connectivity index (χ1n) is 8.92. The average Bonchev–Trinajstić information content (AvgIpc) is 3.19. The van der Waals surface area contributed by atoms with Crippen molar-refractivity contribution in [3.63, 3.8) is 0 Å². The highest BCUT2D eigenvalue weighted by Gasteiger charge is 2.42. The van der Waals surface area contributed by atoms with Gasteiger partial charge in [0.05, 0.1) is 0 Å². The Morgan fingerprint density at radius 1 is 1.00 bits per heavy atom. The molecule has 2 nitrogen and oxygen atoms in total. The third-order valence-electron chi connectivity index (χ3n) is 5.98. The lowest BCUT2D eigenvalue weighted by Crippen LogP contribution is -2.59. The van der Waals surface area contributed by atoms with E-state index in [2.05, 4.69) is 27.3 Å². The number of fused-ring (bicyclic) bond motifs is 1. The van der Waals surface area contributed by atoms with Crippen molar-refractivity contribution in [2.75, 3.05) is 19.6 Å². The number of rotatable bonds is 3. The molecule has 1 saturated carbocycles. The van der Waals surface area contributed by atoms with Crippen LogP contribution in [0.25, 0.3) is 0 Å². The molecule has 2 saturated heterocycles. The molecule has 3 heteroatoms. The quantitative estimate of drug-likeness (QED) is 0.833. The van der Waals surface area contributed by atoms with Crippen LogP contribution in [0.15, 0.2) is 17.5 Å². The average molecular weight is 305 g/mol.